The maximum Gasteiger partial charge on any atom is 0.206 e. The Bertz CT molecular complexity index is 833. The molecule has 0 amide bonds. The SMILES string of the molecule is CCPCN(C)c1c(Cl)ccc(-n2c(O)c3c(c2O)CCC=C3)c1Cl. The van der Waals surface area contributed by atoms with Crippen LogP contribution in [0.1, 0.15) is 24.5 Å². The first kappa shape index (κ1) is 18.4. The maximum atomic E-state index is 10.6. The Morgan fingerprint density at radius 3 is 2.68 bits per heavy atom. The Hall–Kier alpha value is -1.35. The molecule has 0 bridgehead atoms. The zero-order chi connectivity index (χ0) is 18.1. The molecule has 4 nitrogen and oxygen atoms in total. The van der Waals surface area contributed by atoms with E-state index in [9.17, 15) is 10.2 Å². The lowest BCUT2D eigenvalue weighted by Crippen LogP contribution is -2.17. The molecule has 25 heavy (non-hydrogen) atoms. The van der Waals surface area contributed by atoms with E-state index in [-0.39, 0.29) is 11.8 Å². The Morgan fingerprint density at radius 1 is 1.24 bits per heavy atom. The van der Waals surface area contributed by atoms with Crippen molar-refractivity contribution < 1.29 is 10.2 Å². The molecule has 0 spiro atoms. The second kappa shape index (κ2) is 7.49. The van der Waals surface area contributed by atoms with Crippen molar-refractivity contribution in [1.29, 1.82) is 0 Å². The third kappa shape index (κ3) is 3.23. The Morgan fingerprint density at radius 2 is 2.00 bits per heavy atom. The number of rotatable bonds is 5. The number of aromatic hydroxyl groups is 2. The highest BCUT2D eigenvalue weighted by Crippen LogP contribution is 2.45. The molecule has 7 heteroatoms. The molecule has 1 aromatic heterocycles. The summed E-state index contributed by atoms with van der Waals surface area (Å²) in [5, 5.41) is 22.2. The van der Waals surface area contributed by atoms with Crippen molar-refractivity contribution in [2.75, 3.05) is 24.4 Å². The summed E-state index contributed by atoms with van der Waals surface area (Å²) in [6.07, 6.45) is 7.29. The van der Waals surface area contributed by atoms with Gasteiger partial charge in [-0.15, -0.1) is 8.58 Å². The number of hydrogen-bond acceptors (Lipinski definition) is 3. The van der Waals surface area contributed by atoms with E-state index in [1.165, 1.54) is 4.57 Å². The van der Waals surface area contributed by atoms with Gasteiger partial charge in [0, 0.05) is 24.5 Å². The van der Waals surface area contributed by atoms with Crippen LogP contribution in [0.25, 0.3) is 11.8 Å². The minimum Gasteiger partial charge on any atom is -0.494 e. The maximum absolute atomic E-state index is 10.6. The highest BCUT2D eigenvalue weighted by atomic mass is 35.5. The lowest BCUT2D eigenvalue weighted by atomic mass is 10.0. The van der Waals surface area contributed by atoms with Crippen LogP contribution in [0.3, 0.4) is 0 Å². The Balaban J connectivity index is 2.14. The predicted molar refractivity (Wildman–Crippen MR) is 109 cm³/mol. The van der Waals surface area contributed by atoms with Crippen LogP contribution in [0, 0.1) is 0 Å². The predicted octanol–water partition coefficient (Wildman–Crippen LogP) is 5.25. The topological polar surface area (TPSA) is 48.6 Å². The molecule has 1 aliphatic carbocycles. The van der Waals surface area contributed by atoms with Gasteiger partial charge in [-0.25, -0.2) is 4.57 Å². The number of fused-ring (bicyclic) bond motifs is 1. The van der Waals surface area contributed by atoms with Gasteiger partial charge in [0.15, 0.2) is 0 Å². The van der Waals surface area contributed by atoms with Crippen LogP contribution in [0.2, 0.25) is 10.0 Å². The summed E-state index contributed by atoms with van der Waals surface area (Å²) in [7, 11) is 2.72. The Kier molecular flexibility index (Phi) is 5.52. The molecule has 0 aliphatic heterocycles. The molecule has 0 saturated heterocycles. The van der Waals surface area contributed by atoms with Gasteiger partial charge in [-0.1, -0.05) is 42.3 Å². The molecule has 1 heterocycles. The van der Waals surface area contributed by atoms with Crippen LogP contribution < -0.4 is 4.90 Å². The normalized spacial score (nSPS) is 13.6. The van der Waals surface area contributed by atoms with E-state index in [2.05, 4.69) is 6.92 Å². The van der Waals surface area contributed by atoms with Crippen molar-refractivity contribution in [2.45, 2.75) is 19.8 Å². The molecular formula is C18H21Cl2N2O2P. The van der Waals surface area contributed by atoms with Crippen molar-refractivity contribution in [3.05, 3.63) is 39.4 Å². The van der Waals surface area contributed by atoms with Crippen molar-refractivity contribution in [1.82, 2.24) is 4.57 Å². The molecule has 2 aromatic rings. The van der Waals surface area contributed by atoms with E-state index in [0.29, 0.717) is 33.4 Å². The van der Waals surface area contributed by atoms with Gasteiger partial charge in [0.1, 0.15) is 0 Å². The van der Waals surface area contributed by atoms with Gasteiger partial charge < -0.3 is 15.1 Å². The molecule has 1 aliphatic rings. The van der Waals surface area contributed by atoms with Gasteiger partial charge in [0.25, 0.3) is 0 Å². The van der Waals surface area contributed by atoms with E-state index in [0.717, 1.165) is 33.0 Å². The number of benzene rings is 1. The molecular weight excluding hydrogens is 378 g/mol. The second-order valence-corrected chi connectivity index (χ2v) is 8.31. The quantitative estimate of drug-likeness (QED) is 0.676. The van der Waals surface area contributed by atoms with Gasteiger partial charge in [-0.05, 0) is 31.1 Å². The summed E-state index contributed by atoms with van der Waals surface area (Å²) in [4.78, 5) is 2.02. The van der Waals surface area contributed by atoms with Crippen LogP contribution in [0.5, 0.6) is 11.8 Å². The van der Waals surface area contributed by atoms with Gasteiger partial charge in [-0.3, -0.25) is 0 Å². The third-order valence-corrected chi connectivity index (χ3v) is 6.25. The minimum atomic E-state index is -0.00305. The van der Waals surface area contributed by atoms with E-state index in [1.54, 1.807) is 12.1 Å². The number of anilines is 1. The van der Waals surface area contributed by atoms with Crippen molar-refractivity contribution in [2.24, 2.45) is 0 Å². The van der Waals surface area contributed by atoms with Crippen LogP contribution >= 0.6 is 31.8 Å². The van der Waals surface area contributed by atoms with Crippen molar-refractivity contribution in [3.8, 4) is 17.4 Å². The molecule has 1 unspecified atom stereocenters. The number of aromatic nitrogens is 1. The van der Waals surface area contributed by atoms with Crippen LogP contribution in [-0.2, 0) is 6.42 Å². The smallest absolute Gasteiger partial charge is 0.206 e. The Labute approximate surface area is 159 Å². The molecule has 134 valence electrons. The molecule has 0 radical (unpaired) electrons. The molecule has 1 atom stereocenters. The summed E-state index contributed by atoms with van der Waals surface area (Å²) in [6.45, 7) is 2.14. The van der Waals surface area contributed by atoms with Crippen LogP contribution in [0.15, 0.2) is 18.2 Å². The molecule has 1 aromatic carbocycles. The fourth-order valence-electron chi connectivity index (χ4n) is 3.10. The second-order valence-electron chi connectivity index (χ2n) is 6.00. The molecule has 0 saturated carbocycles. The molecule has 2 N–H and O–H groups in total. The van der Waals surface area contributed by atoms with Gasteiger partial charge in [0.2, 0.25) is 11.8 Å². The van der Waals surface area contributed by atoms with E-state index in [1.807, 2.05) is 24.1 Å². The van der Waals surface area contributed by atoms with E-state index in [4.69, 9.17) is 23.2 Å². The van der Waals surface area contributed by atoms with Gasteiger partial charge in [-0.2, -0.15) is 0 Å². The lowest BCUT2D eigenvalue weighted by molar-refractivity contribution is 0.400. The fraction of sp³-hybridized carbons (Fsp3) is 0.333. The zero-order valence-electron chi connectivity index (χ0n) is 14.2. The summed E-state index contributed by atoms with van der Waals surface area (Å²) < 4.78 is 1.40. The van der Waals surface area contributed by atoms with Gasteiger partial charge >= 0.3 is 0 Å². The number of nitrogens with zero attached hydrogens (tertiary/aromatic N) is 2. The average molecular weight is 399 g/mol. The monoisotopic (exact) mass is 398 g/mol. The number of allylic oxidation sites excluding steroid dienone is 1. The highest BCUT2D eigenvalue weighted by molar-refractivity contribution is 7.38. The number of hydrogen-bond donors (Lipinski definition) is 2. The zero-order valence-corrected chi connectivity index (χ0v) is 16.7. The first-order chi connectivity index (χ1) is 12.0. The van der Waals surface area contributed by atoms with Crippen molar-refractivity contribution >= 4 is 43.5 Å². The first-order valence-corrected chi connectivity index (χ1v) is 10.4. The summed E-state index contributed by atoms with van der Waals surface area (Å²) in [5.41, 5.74) is 2.62. The van der Waals surface area contributed by atoms with Crippen LogP contribution in [-0.4, -0.2) is 34.3 Å². The standard InChI is InChI=1S/C18H21Cl2N2O2P/c1-3-25-10-21(2)16-13(19)8-9-14(15(16)20)22-17(23)11-6-4-5-7-12(11)18(22)24/h4,6,8-9,23-25H,3,5,7,10H2,1-2H3. The first-order valence-electron chi connectivity index (χ1n) is 8.19. The lowest BCUT2D eigenvalue weighted by Gasteiger charge is -2.23. The summed E-state index contributed by atoms with van der Waals surface area (Å²) in [6, 6.07) is 3.47. The van der Waals surface area contributed by atoms with Crippen LogP contribution in [0.4, 0.5) is 5.69 Å². The number of halogens is 2. The summed E-state index contributed by atoms with van der Waals surface area (Å²) >= 11 is 13.0. The fourth-order valence-corrected chi connectivity index (χ4v) is 4.56. The van der Waals surface area contributed by atoms with E-state index >= 15 is 0 Å². The summed E-state index contributed by atoms with van der Waals surface area (Å²) in [5.74, 6) is 0.0295. The van der Waals surface area contributed by atoms with Gasteiger partial charge in [0.05, 0.1) is 21.4 Å². The molecule has 0 fully saturated rings. The van der Waals surface area contributed by atoms with Crippen molar-refractivity contribution in [3.63, 3.8) is 0 Å². The largest absolute Gasteiger partial charge is 0.494 e. The third-order valence-electron chi connectivity index (χ3n) is 4.37. The minimum absolute atomic E-state index is 0.00305. The highest BCUT2D eigenvalue weighted by Gasteiger charge is 2.26. The average Bonchev–Trinajstić information content (AvgIpc) is 2.85. The van der Waals surface area contributed by atoms with E-state index < -0.39 is 0 Å². The molecule has 3 rings (SSSR count).